The number of imide groups is 1. The molecular weight excluding hydrogens is 499 g/mol. The molecule has 1 aliphatic rings. The van der Waals surface area contributed by atoms with Crippen LogP contribution in [0.3, 0.4) is 0 Å². The first kappa shape index (κ1) is 22.2. The van der Waals surface area contributed by atoms with Gasteiger partial charge in [0.2, 0.25) is 5.91 Å². The topological polar surface area (TPSA) is 126 Å². The van der Waals surface area contributed by atoms with Gasteiger partial charge in [-0.1, -0.05) is 29.3 Å². The highest BCUT2D eigenvalue weighted by Gasteiger charge is 2.33. The first-order valence-electron chi connectivity index (χ1n) is 8.85. The van der Waals surface area contributed by atoms with Crippen LogP contribution in [0.2, 0.25) is 9.36 Å². The highest BCUT2D eigenvalue weighted by Crippen LogP contribution is 2.27. The van der Waals surface area contributed by atoms with Crippen LogP contribution in [0.4, 0.5) is 16.3 Å². The van der Waals surface area contributed by atoms with Gasteiger partial charge in [0.05, 0.1) is 22.6 Å². The molecule has 0 saturated heterocycles. The molecule has 32 heavy (non-hydrogen) atoms. The largest absolute Gasteiger partial charge is 0.333 e. The van der Waals surface area contributed by atoms with E-state index in [1.165, 1.54) is 36.5 Å². The van der Waals surface area contributed by atoms with Gasteiger partial charge in [0.25, 0.3) is 15.9 Å². The van der Waals surface area contributed by atoms with Gasteiger partial charge in [-0.05, 0) is 42.0 Å². The molecule has 164 valence electrons. The number of carbonyl (C=O) groups is 3. The standard InChI is InChI=1S/C19H12Cl2N4O5S2/c20-11-2-1-10-7-16(26)25(18(27)13(10)8-11)15-5-3-12(9-22-15)23-19(28)24-32(29,30)17-6-4-14(21)31-17/h1-6,8-9H,7H2,(H2,23,24,28). The molecule has 2 N–H and O–H groups in total. The Hall–Kier alpha value is -2.99. The first-order chi connectivity index (χ1) is 15.1. The molecule has 0 bridgehead atoms. The van der Waals surface area contributed by atoms with E-state index in [-0.39, 0.29) is 26.5 Å². The number of nitrogens with zero attached hydrogens (tertiary/aromatic N) is 2. The van der Waals surface area contributed by atoms with E-state index in [1.807, 2.05) is 4.72 Å². The van der Waals surface area contributed by atoms with Crippen LogP contribution in [-0.2, 0) is 21.2 Å². The summed E-state index contributed by atoms with van der Waals surface area (Å²) in [6.07, 6.45) is 1.20. The van der Waals surface area contributed by atoms with Crippen LogP contribution >= 0.6 is 34.5 Å². The zero-order chi connectivity index (χ0) is 23.0. The molecule has 4 rings (SSSR count). The van der Waals surface area contributed by atoms with Crippen molar-refractivity contribution in [2.45, 2.75) is 10.6 Å². The van der Waals surface area contributed by atoms with Crippen molar-refractivity contribution in [3.63, 3.8) is 0 Å². The molecule has 1 aromatic carbocycles. The van der Waals surface area contributed by atoms with E-state index < -0.39 is 27.9 Å². The van der Waals surface area contributed by atoms with Gasteiger partial charge < -0.3 is 5.32 Å². The molecule has 0 atom stereocenters. The summed E-state index contributed by atoms with van der Waals surface area (Å²) in [5.41, 5.74) is 1.02. The molecule has 2 aromatic heterocycles. The van der Waals surface area contributed by atoms with Gasteiger partial charge in [-0.3, -0.25) is 9.59 Å². The average molecular weight is 511 g/mol. The van der Waals surface area contributed by atoms with Gasteiger partial charge in [-0.2, -0.15) is 0 Å². The van der Waals surface area contributed by atoms with Crippen molar-refractivity contribution in [1.29, 1.82) is 0 Å². The van der Waals surface area contributed by atoms with Crippen molar-refractivity contribution in [2.75, 3.05) is 10.2 Å². The molecule has 0 saturated carbocycles. The first-order valence-corrected chi connectivity index (χ1v) is 11.9. The molecule has 3 aromatic rings. The number of aromatic nitrogens is 1. The Labute approximate surface area is 196 Å². The highest BCUT2D eigenvalue weighted by molar-refractivity contribution is 7.92. The van der Waals surface area contributed by atoms with E-state index >= 15 is 0 Å². The highest BCUT2D eigenvalue weighted by atomic mass is 35.5. The number of rotatable bonds is 4. The lowest BCUT2D eigenvalue weighted by Gasteiger charge is -2.26. The van der Waals surface area contributed by atoms with Crippen molar-refractivity contribution in [1.82, 2.24) is 9.71 Å². The monoisotopic (exact) mass is 510 g/mol. The normalized spacial score (nSPS) is 13.6. The molecule has 3 heterocycles. The van der Waals surface area contributed by atoms with Gasteiger partial charge in [-0.15, -0.1) is 11.3 Å². The minimum absolute atomic E-state index is 0.00687. The number of amides is 4. The Morgan fingerprint density at radius 1 is 1.09 bits per heavy atom. The fraction of sp³-hybridized carbons (Fsp3) is 0.0526. The summed E-state index contributed by atoms with van der Waals surface area (Å²) >= 11 is 12.5. The lowest BCUT2D eigenvalue weighted by Crippen LogP contribution is -2.43. The summed E-state index contributed by atoms with van der Waals surface area (Å²) in [5.74, 6) is -0.973. The van der Waals surface area contributed by atoms with E-state index in [1.54, 1.807) is 12.1 Å². The van der Waals surface area contributed by atoms with Gasteiger partial charge in [-0.25, -0.2) is 27.8 Å². The predicted molar refractivity (Wildman–Crippen MR) is 120 cm³/mol. The Balaban J connectivity index is 1.48. The fourth-order valence-corrected chi connectivity index (χ4v) is 5.53. The molecule has 0 radical (unpaired) electrons. The molecular formula is C19H12Cl2N4O5S2. The van der Waals surface area contributed by atoms with Crippen LogP contribution in [0.5, 0.6) is 0 Å². The van der Waals surface area contributed by atoms with Gasteiger partial charge >= 0.3 is 6.03 Å². The molecule has 13 heteroatoms. The zero-order valence-corrected chi connectivity index (χ0v) is 19.0. The molecule has 4 amide bonds. The van der Waals surface area contributed by atoms with Crippen LogP contribution in [0.1, 0.15) is 15.9 Å². The number of hydrogen-bond acceptors (Lipinski definition) is 7. The quantitative estimate of drug-likeness (QED) is 0.515. The van der Waals surface area contributed by atoms with Crippen molar-refractivity contribution in [3.05, 3.63) is 69.1 Å². The predicted octanol–water partition coefficient (Wildman–Crippen LogP) is 3.69. The number of carbonyl (C=O) groups excluding carboxylic acids is 3. The van der Waals surface area contributed by atoms with E-state index in [0.29, 0.717) is 16.1 Å². The third-order valence-corrected chi connectivity index (χ3v) is 7.66. The average Bonchev–Trinajstić information content (AvgIpc) is 3.17. The third-order valence-electron chi connectivity index (χ3n) is 4.37. The van der Waals surface area contributed by atoms with Crippen LogP contribution in [-0.4, -0.2) is 31.2 Å². The smallest absolute Gasteiger partial charge is 0.306 e. The number of halogens is 2. The lowest BCUT2D eigenvalue weighted by molar-refractivity contribution is -0.117. The van der Waals surface area contributed by atoms with Crippen LogP contribution in [0.25, 0.3) is 0 Å². The number of anilines is 2. The number of benzene rings is 1. The van der Waals surface area contributed by atoms with Crippen molar-refractivity contribution >= 4 is 73.9 Å². The number of sulfonamides is 1. The molecule has 1 aliphatic heterocycles. The molecule has 0 fully saturated rings. The van der Waals surface area contributed by atoms with E-state index in [9.17, 15) is 22.8 Å². The maximum Gasteiger partial charge on any atom is 0.333 e. The minimum Gasteiger partial charge on any atom is -0.306 e. The molecule has 0 aliphatic carbocycles. The van der Waals surface area contributed by atoms with Crippen LogP contribution < -0.4 is 14.9 Å². The Kier molecular flexibility index (Phi) is 5.91. The van der Waals surface area contributed by atoms with Gasteiger partial charge in [0.1, 0.15) is 10.0 Å². The number of hydrogen-bond donors (Lipinski definition) is 2. The van der Waals surface area contributed by atoms with E-state index in [4.69, 9.17) is 23.2 Å². The lowest BCUT2D eigenvalue weighted by atomic mass is 9.98. The number of fused-ring (bicyclic) bond motifs is 1. The van der Waals surface area contributed by atoms with Gasteiger partial charge in [0.15, 0.2) is 0 Å². The second-order valence-corrected chi connectivity index (χ2v) is 10.6. The summed E-state index contributed by atoms with van der Waals surface area (Å²) in [6, 6.07) is 9.11. The van der Waals surface area contributed by atoms with Gasteiger partial charge in [0, 0.05) is 10.6 Å². The third kappa shape index (κ3) is 4.46. The summed E-state index contributed by atoms with van der Waals surface area (Å²) in [5, 5.41) is 2.69. The number of pyridine rings is 1. The molecule has 0 unspecified atom stereocenters. The van der Waals surface area contributed by atoms with Crippen LogP contribution in [0.15, 0.2) is 52.9 Å². The van der Waals surface area contributed by atoms with E-state index in [2.05, 4.69) is 10.3 Å². The second-order valence-electron chi connectivity index (χ2n) is 6.54. The maximum atomic E-state index is 12.8. The number of urea groups is 1. The minimum atomic E-state index is -4.09. The Bertz CT molecular complexity index is 1360. The SMILES string of the molecule is O=C(Nc1ccc(N2C(=O)Cc3ccc(Cl)cc3C2=O)nc1)NS(=O)(=O)c1ccc(Cl)s1. The zero-order valence-electron chi connectivity index (χ0n) is 15.8. The number of nitrogens with one attached hydrogen (secondary N) is 2. The maximum absolute atomic E-state index is 12.8. The summed E-state index contributed by atoms with van der Waals surface area (Å²) in [7, 11) is -4.09. The van der Waals surface area contributed by atoms with E-state index in [0.717, 1.165) is 16.2 Å². The molecule has 9 nitrogen and oxygen atoms in total. The van der Waals surface area contributed by atoms with Crippen molar-refractivity contribution < 1.29 is 22.8 Å². The Morgan fingerprint density at radius 3 is 2.53 bits per heavy atom. The summed E-state index contributed by atoms with van der Waals surface area (Å²) < 4.78 is 26.4. The second kappa shape index (κ2) is 8.51. The number of thiophene rings is 1. The Morgan fingerprint density at radius 2 is 1.88 bits per heavy atom. The fourth-order valence-electron chi connectivity index (χ4n) is 2.97. The van der Waals surface area contributed by atoms with Crippen LogP contribution in [0, 0.1) is 0 Å². The summed E-state index contributed by atoms with van der Waals surface area (Å²) in [4.78, 5) is 42.3. The molecule has 0 spiro atoms. The van der Waals surface area contributed by atoms with Crippen molar-refractivity contribution in [2.24, 2.45) is 0 Å². The van der Waals surface area contributed by atoms with Crippen molar-refractivity contribution in [3.8, 4) is 0 Å². The summed E-state index contributed by atoms with van der Waals surface area (Å²) in [6.45, 7) is 0.